The van der Waals surface area contributed by atoms with Gasteiger partial charge >= 0.3 is 5.97 Å². The van der Waals surface area contributed by atoms with E-state index in [1.54, 1.807) is 36.4 Å². The zero-order chi connectivity index (χ0) is 16.7. The fourth-order valence-corrected chi connectivity index (χ4v) is 1.92. The van der Waals surface area contributed by atoms with E-state index in [1.165, 1.54) is 19.3 Å². The van der Waals surface area contributed by atoms with Crippen LogP contribution >= 0.6 is 0 Å². The van der Waals surface area contributed by atoms with Gasteiger partial charge in [-0.1, -0.05) is 30.3 Å². The highest BCUT2D eigenvalue weighted by atomic mass is 16.5. The van der Waals surface area contributed by atoms with Crippen molar-refractivity contribution in [2.24, 2.45) is 0 Å². The summed E-state index contributed by atoms with van der Waals surface area (Å²) in [4.78, 5) is 35.4. The first kappa shape index (κ1) is 16.5. The molecule has 120 valence electrons. The van der Waals surface area contributed by atoms with Crippen LogP contribution in [-0.2, 0) is 9.53 Å². The minimum Gasteiger partial charge on any atom is -0.459 e. The van der Waals surface area contributed by atoms with E-state index >= 15 is 0 Å². The second-order valence-corrected chi connectivity index (χ2v) is 4.85. The van der Waals surface area contributed by atoms with Gasteiger partial charge in [-0.05, 0) is 19.1 Å². The minimum atomic E-state index is -0.870. The van der Waals surface area contributed by atoms with E-state index in [9.17, 15) is 14.4 Å². The number of Topliss-reactive ketones (excluding diaryl/α,β-unsaturated/α-hetero) is 1. The zero-order valence-corrected chi connectivity index (χ0v) is 12.7. The van der Waals surface area contributed by atoms with Crippen molar-refractivity contribution in [1.82, 2.24) is 5.32 Å². The van der Waals surface area contributed by atoms with Crippen molar-refractivity contribution in [3.05, 3.63) is 60.1 Å². The minimum absolute atomic E-state index is 0.0289. The lowest BCUT2D eigenvalue weighted by Gasteiger charge is -2.12. The molecule has 1 heterocycles. The van der Waals surface area contributed by atoms with Crippen molar-refractivity contribution in [3.63, 3.8) is 0 Å². The van der Waals surface area contributed by atoms with Crippen LogP contribution in [0.5, 0.6) is 0 Å². The van der Waals surface area contributed by atoms with Gasteiger partial charge in [0.15, 0.2) is 11.9 Å². The van der Waals surface area contributed by atoms with Gasteiger partial charge in [0.05, 0.1) is 12.7 Å². The van der Waals surface area contributed by atoms with Gasteiger partial charge in [0, 0.05) is 12.1 Å². The Morgan fingerprint density at radius 3 is 2.52 bits per heavy atom. The summed E-state index contributed by atoms with van der Waals surface area (Å²) in [6.07, 6.45) is 0.490. The standard InChI is InChI=1S/C17H17NO5/c1-12(16(20)13-6-3-2-4-7-13)23-15(19)9-10-18-17(21)14-8-5-11-22-14/h2-8,11-12H,9-10H2,1H3,(H,18,21)/t12-/m0/s1. The summed E-state index contributed by atoms with van der Waals surface area (Å²) in [5, 5.41) is 2.53. The third-order valence-electron chi connectivity index (χ3n) is 3.10. The largest absolute Gasteiger partial charge is 0.459 e. The molecule has 1 aromatic carbocycles. The zero-order valence-electron chi connectivity index (χ0n) is 12.7. The van der Waals surface area contributed by atoms with Gasteiger partial charge in [0.25, 0.3) is 5.91 Å². The number of benzene rings is 1. The Morgan fingerprint density at radius 1 is 1.13 bits per heavy atom. The quantitative estimate of drug-likeness (QED) is 0.625. The fourth-order valence-electron chi connectivity index (χ4n) is 1.92. The molecule has 0 saturated heterocycles. The highest BCUT2D eigenvalue weighted by molar-refractivity contribution is 6.00. The summed E-state index contributed by atoms with van der Waals surface area (Å²) in [5.41, 5.74) is 0.485. The van der Waals surface area contributed by atoms with Gasteiger partial charge in [-0.25, -0.2) is 0 Å². The topological polar surface area (TPSA) is 85.6 Å². The molecule has 0 aliphatic rings. The number of hydrogen-bond acceptors (Lipinski definition) is 5. The Balaban J connectivity index is 1.74. The van der Waals surface area contributed by atoms with E-state index < -0.39 is 18.0 Å². The van der Waals surface area contributed by atoms with Crippen LogP contribution in [0.1, 0.15) is 34.3 Å². The average Bonchev–Trinajstić information content (AvgIpc) is 3.09. The third kappa shape index (κ3) is 4.81. The molecule has 1 aromatic heterocycles. The molecule has 0 saturated carbocycles. The molecule has 6 heteroatoms. The number of carbonyl (C=O) groups is 3. The molecule has 0 aliphatic heterocycles. The lowest BCUT2D eigenvalue weighted by atomic mass is 10.1. The number of hydrogen-bond donors (Lipinski definition) is 1. The predicted octanol–water partition coefficient (Wildman–Crippen LogP) is 2.21. The molecule has 0 radical (unpaired) electrons. The Hall–Kier alpha value is -2.89. The van der Waals surface area contributed by atoms with E-state index in [4.69, 9.17) is 9.15 Å². The number of ether oxygens (including phenoxy) is 1. The van der Waals surface area contributed by atoms with Crippen molar-refractivity contribution >= 4 is 17.7 Å². The van der Waals surface area contributed by atoms with Crippen LogP contribution in [-0.4, -0.2) is 30.3 Å². The monoisotopic (exact) mass is 315 g/mol. The smallest absolute Gasteiger partial charge is 0.308 e. The van der Waals surface area contributed by atoms with Gasteiger partial charge in [-0.2, -0.15) is 0 Å². The van der Waals surface area contributed by atoms with Crippen molar-refractivity contribution in [3.8, 4) is 0 Å². The highest BCUT2D eigenvalue weighted by Gasteiger charge is 2.19. The molecule has 1 amide bonds. The van der Waals surface area contributed by atoms with Crippen LogP contribution < -0.4 is 5.32 Å². The Bertz CT molecular complexity index is 664. The Labute approximate surface area is 133 Å². The van der Waals surface area contributed by atoms with Crippen LogP contribution in [0.3, 0.4) is 0 Å². The third-order valence-corrected chi connectivity index (χ3v) is 3.10. The first-order valence-electron chi connectivity index (χ1n) is 7.18. The van der Waals surface area contributed by atoms with Crippen LogP contribution in [0.4, 0.5) is 0 Å². The van der Waals surface area contributed by atoms with Crippen LogP contribution in [0.15, 0.2) is 53.1 Å². The van der Waals surface area contributed by atoms with E-state index in [-0.39, 0.29) is 24.5 Å². The molecule has 0 fully saturated rings. The van der Waals surface area contributed by atoms with Crippen molar-refractivity contribution in [2.75, 3.05) is 6.54 Å². The summed E-state index contributed by atoms with van der Waals surface area (Å²) in [5.74, 6) is -1.05. The molecule has 1 atom stereocenters. The van der Waals surface area contributed by atoms with Gasteiger partial charge < -0.3 is 14.5 Å². The Morgan fingerprint density at radius 2 is 1.87 bits per heavy atom. The first-order chi connectivity index (χ1) is 11.1. The number of amides is 1. The molecular weight excluding hydrogens is 298 g/mol. The molecule has 0 unspecified atom stereocenters. The molecule has 23 heavy (non-hydrogen) atoms. The lowest BCUT2D eigenvalue weighted by molar-refractivity contribution is -0.146. The summed E-state index contributed by atoms with van der Waals surface area (Å²) in [6.45, 7) is 1.62. The van der Waals surface area contributed by atoms with Crippen LogP contribution in [0.2, 0.25) is 0 Å². The summed E-state index contributed by atoms with van der Waals surface area (Å²) in [7, 11) is 0. The van der Waals surface area contributed by atoms with E-state index in [0.29, 0.717) is 5.56 Å². The van der Waals surface area contributed by atoms with Gasteiger partial charge in [0.1, 0.15) is 0 Å². The molecule has 6 nitrogen and oxygen atoms in total. The van der Waals surface area contributed by atoms with Gasteiger partial charge in [-0.3, -0.25) is 14.4 Å². The predicted molar refractivity (Wildman–Crippen MR) is 82.0 cm³/mol. The number of carbonyl (C=O) groups excluding carboxylic acids is 3. The molecule has 2 aromatic rings. The summed E-state index contributed by atoms with van der Waals surface area (Å²) >= 11 is 0. The maximum absolute atomic E-state index is 12.1. The number of rotatable bonds is 7. The van der Waals surface area contributed by atoms with Gasteiger partial charge in [0.2, 0.25) is 5.78 Å². The van der Waals surface area contributed by atoms with Crippen molar-refractivity contribution in [2.45, 2.75) is 19.4 Å². The molecule has 2 rings (SSSR count). The second-order valence-electron chi connectivity index (χ2n) is 4.85. The summed E-state index contributed by atoms with van der Waals surface area (Å²) in [6, 6.07) is 11.7. The number of furan rings is 1. The van der Waals surface area contributed by atoms with E-state index in [1.807, 2.05) is 0 Å². The molecular formula is C17H17NO5. The van der Waals surface area contributed by atoms with Crippen LogP contribution in [0, 0.1) is 0 Å². The maximum atomic E-state index is 12.1. The van der Waals surface area contributed by atoms with Crippen LogP contribution in [0.25, 0.3) is 0 Å². The van der Waals surface area contributed by atoms with Crippen molar-refractivity contribution in [1.29, 1.82) is 0 Å². The fraction of sp³-hybridized carbons (Fsp3) is 0.235. The maximum Gasteiger partial charge on any atom is 0.308 e. The molecule has 0 aliphatic carbocycles. The number of nitrogens with one attached hydrogen (secondary N) is 1. The number of esters is 1. The molecule has 0 bridgehead atoms. The number of ketones is 1. The SMILES string of the molecule is C[C@H](OC(=O)CCNC(=O)c1ccco1)C(=O)c1ccccc1. The lowest BCUT2D eigenvalue weighted by Crippen LogP contribution is -2.29. The highest BCUT2D eigenvalue weighted by Crippen LogP contribution is 2.07. The molecule has 0 spiro atoms. The summed E-state index contributed by atoms with van der Waals surface area (Å²) < 4.78 is 10.0. The van der Waals surface area contributed by atoms with Gasteiger partial charge in [-0.15, -0.1) is 0 Å². The Kier molecular flexibility index (Phi) is 5.68. The first-order valence-corrected chi connectivity index (χ1v) is 7.18. The van der Waals surface area contributed by atoms with Crippen molar-refractivity contribution < 1.29 is 23.5 Å². The average molecular weight is 315 g/mol. The second kappa shape index (κ2) is 7.93. The normalized spacial score (nSPS) is 11.5. The molecule has 1 N–H and O–H groups in total. The van der Waals surface area contributed by atoms with E-state index in [0.717, 1.165) is 0 Å². The van der Waals surface area contributed by atoms with E-state index in [2.05, 4.69) is 5.32 Å².